The molecular weight excluding hydrogens is 436 g/mol. The molecule has 0 fully saturated rings. The van der Waals surface area contributed by atoms with Crippen LogP contribution >= 0.6 is 23.4 Å². The van der Waals surface area contributed by atoms with E-state index in [2.05, 4.69) is 45.0 Å². The largest absolute Gasteiger partial charge is 0.289 e. The molecule has 0 saturated carbocycles. The van der Waals surface area contributed by atoms with Crippen LogP contribution in [0.4, 0.5) is 0 Å². The Morgan fingerprint density at radius 1 is 0.900 bits per heavy atom. The highest BCUT2D eigenvalue weighted by molar-refractivity contribution is 7.98. The Morgan fingerprint density at radius 3 is 2.23 bits per heavy atom. The molecule has 1 heterocycles. The van der Waals surface area contributed by atoms with Gasteiger partial charge in [0, 0.05) is 21.8 Å². The van der Waals surface area contributed by atoms with Crippen LogP contribution in [0.15, 0.2) is 75.4 Å². The average molecular weight is 457 g/mol. The summed E-state index contributed by atoms with van der Waals surface area (Å²) in [5.74, 6) is 0.333. The molecule has 0 bridgehead atoms. The van der Waals surface area contributed by atoms with E-state index >= 15 is 0 Å². The molecular formula is C24H21ClO3S2. The number of sulfone groups is 1. The summed E-state index contributed by atoms with van der Waals surface area (Å²) in [5, 5.41) is 0.117. The number of ketones is 1. The van der Waals surface area contributed by atoms with Crippen LogP contribution in [0.1, 0.15) is 47.8 Å². The number of carbonyl (C=O) groups excluding carboxylic acids is 1. The smallest absolute Gasteiger partial charge is 0.209 e. The fraction of sp³-hybridized carbons (Fsp3) is 0.208. The Labute approximate surface area is 186 Å². The fourth-order valence-corrected chi connectivity index (χ4v) is 6.83. The number of hydrogen-bond acceptors (Lipinski definition) is 4. The van der Waals surface area contributed by atoms with Gasteiger partial charge in [-0.15, -0.1) is 11.8 Å². The zero-order valence-electron chi connectivity index (χ0n) is 16.9. The third-order valence-electron chi connectivity index (χ3n) is 5.21. The summed E-state index contributed by atoms with van der Waals surface area (Å²) in [6.45, 7) is 6.51. The molecule has 6 heteroatoms. The van der Waals surface area contributed by atoms with E-state index in [9.17, 15) is 13.2 Å². The van der Waals surface area contributed by atoms with Gasteiger partial charge in [0.25, 0.3) is 0 Å². The van der Waals surface area contributed by atoms with Gasteiger partial charge in [-0.1, -0.05) is 68.8 Å². The summed E-state index contributed by atoms with van der Waals surface area (Å²) >= 11 is 8.00. The molecule has 4 rings (SSSR count). The Kier molecular flexibility index (Phi) is 5.33. The third-order valence-corrected chi connectivity index (χ3v) is 8.85. The van der Waals surface area contributed by atoms with Crippen molar-refractivity contribution >= 4 is 39.0 Å². The van der Waals surface area contributed by atoms with E-state index in [-0.39, 0.29) is 37.1 Å². The highest BCUT2D eigenvalue weighted by atomic mass is 35.5. The number of hydrogen-bond donors (Lipinski definition) is 0. The number of thioether (sulfide) groups is 1. The molecule has 0 N–H and O–H groups in total. The Bertz CT molecular complexity index is 1250. The Hall–Kier alpha value is -2.08. The molecule has 3 nitrogen and oxygen atoms in total. The zero-order chi connectivity index (χ0) is 21.7. The molecule has 3 aromatic carbocycles. The van der Waals surface area contributed by atoms with Crippen molar-refractivity contribution in [1.82, 2.24) is 0 Å². The van der Waals surface area contributed by atoms with Gasteiger partial charge in [0.15, 0.2) is 5.78 Å². The minimum absolute atomic E-state index is 0.0179. The van der Waals surface area contributed by atoms with E-state index in [1.807, 2.05) is 0 Å². The predicted octanol–water partition coefficient (Wildman–Crippen LogP) is 6.31. The summed E-state index contributed by atoms with van der Waals surface area (Å²) in [4.78, 5) is 13.4. The first-order chi connectivity index (χ1) is 14.1. The van der Waals surface area contributed by atoms with E-state index in [1.165, 1.54) is 29.5 Å². The molecule has 30 heavy (non-hydrogen) atoms. The summed E-state index contributed by atoms with van der Waals surface area (Å²) in [5.41, 5.74) is 2.79. The molecule has 0 atom stereocenters. The van der Waals surface area contributed by atoms with E-state index < -0.39 is 9.84 Å². The topological polar surface area (TPSA) is 51.2 Å². The van der Waals surface area contributed by atoms with Crippen LogP contribution in [0.2, 0.25) is 5.02 Å². The molecule has 0 unspecified atom stereocenters. The molecule has 3 aromatic rings. The lowest BCUT2D eigenvalue weighted by atomic mass is 9.87. The minimum Gasteiger partial charge on any atom is -0.289 e. The van der Waals surface area contributed by atoms with Crippen LogP contribution in [0.5, 0.6) is 0 Å². The second-order valence-electron chi connectivity index (χ2n) is 8.32. The van der Waals surface area contributed by atoms with Crippen molar-refractivity contribution in [3.05, 3.63) is 87.9 Å². The van der Waals surface area contributed by atoms with Crippen LogP contribution in [0.25, 0.3) is 0 Å². The SMILES string of the molecule is CC(C)(C)c1ccc(CSc2ccc3c(c2Cl)S(=O)(=O)c2ccccc2C3=O)cc1. The number of benzene rings is 3. The van der Waals surface area contributed by atoms with Crippen molar-refractivity contribution in [2.24, 2.45) is 0 Å². The van der Waals surface area contributed by atoms with Crippen LogP contribution < -0.4 is 0 Å². The number of rotatable bonds is 3. The molecule has 154 valence electrons. The van der Waals surface area contributed by atoms with E-state index in [0.717, 1.165) is 5.56 Å². The van der Waals surface area contributed by atoms with Crippen LogP contribution in [-0.2, 0) is 21.0 Å². The average Bonchev–Trinajstić information content (AvgIpc) is 2.71. The van der Waals surface area contributed by atoms with Gasteiger partial charge >= 0.3 is 0 Å². The lowest BCUT2D eigenvalue weighted by Gasteiger charge is -2.21. The molecule has 1 aliphatic heterocycles. The minimum atomic E-state index is -3.86. The van der Waals surface area contributed by atoms with E-state index in [1.54, 1.807) is 24.3 Å². The molecule has 0 aliphatic carbocycles. The van der Waals surface area contributed by atoms with Crippen molar-refractivity contribution in [2.75, 3.05) is 0 Å². The van der Waals surface area contributed by atoms with Gasteiger partial charge in [0.05, 0.1) is 9.92 Å². The lowest BCUT2D eigenvalue weighted by Crippen LogP contribution is -2.20. The first-order valence-electron chi connectivity index (χ1n) is 9.54. The molecule has 0 saturated heterocycles. The van der Waals surface area contributed by atoms with Crippen molar-refractivity contribution < 1.29 is 13.2 Å². The lowest BCUT2D eigenvalue weighted by molar-refractivity contribution is 0.103. The Morgan fingerprint density at radius 2 is 1.57 bits per heavy atom. The summed E-state index contributed by atoms with van der Waals surface area (Å²) in [6.07, 6.45) is 0. The first-order valence-corrected chi connectivity index (χ1v) is 12.4. The monoisotopic (exact) mass is 456 g/mol. The molecule has 0 aromatic heterocycles. The maximum atomic E-state index is 13.2. The van der Waals surface area contributed by atoms with Crippen molar-refractivity contribution in [1.29, 1.82) is 0 Å². The summed E-state index contributed by atoms with van der Waals surface area (Å²) < 4.78 is 26.3. The third kappa shape index (κ3) is 3.59. The summed E-state index contributed by atoms with van der Waals surface area (Å²) in [7, 11) is -3.86. The van der Waals surface area contributed by atoms with Crippen LogP contribution in [-0.4, -0.2) is 14.2 Å². The van der Waals surface area contributed by atoms with Crippen molar-refractivity contribution in [2.45, 2.75) is 46.6 Å². The second-order valence-corrected chi connectivity index (χ2v) is 11.6. The van der Waals surface area contributed by atoms with Gasteiger partial charge in [-0.25, -0.2) is 8.42 Å². The quantitative estimate of drug-likeness (QED) is 0.339. The van der Waals surface area contributed by atoms with Gasteiger partial charge in [-0.3, -0.25) is 4.79 Å². The van der Waals surface area contributed by atoms with E-state index in [0.29, 0.717) is 10.6 Å². The van der Waals surface area contributed by atoms with Crippen molar-refractivity contribution in [3.63, 3.8) is 0 Å². The van der Waals surface area contributed by atoms with Gasteiger partial charge in [-0.05, 0) is 40.8 Å². The standard InChI is InChI=1S/C24H21ClO3S2/c1-24(2,3)16-10-8-15(9-11-16)14-29-19-13-12-18-22(26)17-6-4-5-7-20(17)30(27,28)23(18)21(19)25/h4-13H,14H2,1-3H3. The maximum Gasteiger partial charge on any atom is 0.209 e. The fourth-order valence-electron chi connectivity index (χ4n) is 3.50. The maximum absolute atomic E-state index is 13.2. The second kappa shape index (κ2) is 7.56. The van der Waals surface area contributed by atoms with Gasteiger partial charge in [-0.2, -0.15) is 0 Å². The molecule has 0 radical (unpaired) electrons. The highest BCUT2D eigenvalue weighted by Gasteiger charge is 2.37. The molecule has 0 amide bonds. The van der Waals surface area contributed by atoms with Gasteiger partial charge in [0.1, 0.15) is 4.90 Å². The highest BCUT2D eigenvalue weighted by Crippen LogP contribution is 2.43. The number of carbonyl (C=O) groups is 1. The van der Waals surface area contributed by atoms with Crippen molar-refractivity contribution in [3.8, 4) is 0 Å². The zero-order valence-corrected chi connectivity index (χ0v) is 19.3. The number of fused-ring (bicyclic) bond motifs is 2. The van der Waals surface area contributed by atoms with Crippen LogP contribution in [0, 0.1) is 0 Å². The van der Waals surface area contributed by atoms with Crippen LogP contribution in [0.3, 0.4) is 0 Å². The van der Waals surface area contributed by atoms with Gasteiger partial charge in [0.2, 0.25) is 9.84 Å². The van der Waals surface area contributed by atoms with E-state index in [4.69, 9.17) is 11.6 Å². The normalized spacial score (nSPS) is 14.9. The van der Waals surface area contributed by atoms with Gasteiger partial charge < -0.3 is 0 Å². The molecule has 0 spiro atoms. The first kappa shape index (κ1) is 21.2. The summed E-state index contributed by atoms with van der Waals surface area (Å²) in [6, 6.07) is 18.0. The Balaban J connectivity index is 1.67. The number of halogens is 1. The molecule has 1 aliphatic rings. The predicted molar refractivity (Wildman–Crippen MR) is 121 cm³/mol.